The molecule has 0 atom stereocenters. The molecule has 0 aliphatic heterocycles. The van der Waals surface area contributed by atoms with E-state index in [0.29, 0.717) is 83.5 Å². The molecule has 0 saturated carbocycles. The summed E-state index contributed by atoms with van der Waals surface area (Å²) in [5.74, 6) is -0.266. The number of hydrogen-bond donors (Lipinski definition) is 2. The van der Waals surface area contributed by atoms with Gasteiger partial charge in [-0.25, -0.2) is 4.79 Å². The summed E-state index contributed by atoms with van der Waals surface area (Å²) in [5, 5.41) is 5.66. The topological polar surface area (TPSA) is 173 Å². The predicted octanol–water partition coefficient (Wildman–Crippen LogP) is 6.32. The first kappa shape index (κ1) is 47.9. The number of carbonyl (C=O) groups is 6. The van der Waals surface area contributed by atoms with Crippen molar-refractivity contribution in [3.63, 3.8) is 0 Å². The maximum absolute atomic E-state index is 12.0. The number of methoxy groups -OCH3 is 1. The normalized spacial score (nSPS) is 10.8. The highest BCUT2D eigenvalue weighted by Gasteiger charge is 2.07. The maximum atomic E-state index is 12.0. The largest absolute Gasteiger partial charge is 0.466 e. The Balaban J connectivity index is 3.44. The van der Waals surface area contributed by atoms with Gasteiger partial charge in [0.25, 0.3) is 0 Å². The highest BCUT2D eigenvalue weighted by atomic mass is 16.6. The van der Waals surface area contributed by atoms with Gasteiger partial charge in [-0.2, -0.15) is 0 Å². The molecule has 296 valence electrons. The Morgan fingerprint density at radius 1 is 0.412 bits per heavy atom. The second kappa shape index (κ2) is 36.7. The average Bonchev–Trinajstić information content (AvgIpc) is 3.10. The number of unbranched alkanes of at least 4 members (excludes halogenated alkanes) is 11. The molecule has 0 saturated heterocycles. The molecule has 51 heavy (non-hydrogen) atoms. The molecule has 0 aromatic heterocycles. The van der Waals surface area contributed by atoms with Gasteiger partial charge in [0.05, 0.1) is 19.8 Å². The van der Waals surface area contributed by atoms with Crippen molar-refractivity contribution in [3.8, 4) is 0 Å². The van der Waals surface area contributed by atoms with E-state index in [4.69, 9.17) is 23.7 Å². The van der Waals surface area contributed by atoms with Crippen LogP contribution in [0.4, 0.5) is 4.79 Å². The molecular formula is C38H68N2O11. The summed E-state index contributed by atoms with van der Waals surface area (Å²) in [6.45, 7) is 4.54. The minimum atomic E-state index is -0.302. The monoisotopic (exact) mass is 728 g/mol. The number of ether oxygens (including phenoxy) is 5. The van der Waals surface area contributed by atoms with Crippen molar-refractivity contribution in [2.45, 2.75) is 148 Å². The zero-order valence-electron chi connectivity index (χ0n) is 31.7. The Kier molecular flexibility index (Phi) is 34.5. The summed E-state index contributed by atoms with van der Waals surface area (Å²) in [4.78, 5) is 70.2. The van der Waals surface area contributed by atoms with Gasteiger partial charge in [-0.15, -0.1) is 0 Å². The first-order chi connectivity index (χ1) is 24.7. The summed E-state index contributed by atoms with van der Waals surface area (Å²) < 4.78 is 25.8. The number of Topliss-reactive ketones (excluding diaryl/α,β-unsaturated/α-hetero) is 2. The van der Waals surface area contributed by atoms with Crippen LogP contribution in [-0.4, -0.2) is 95.3 Å². The van der Waals surface area contributed by atoms with E-state index in [9.17, 15) is 28.8 Å². The lowest BCUT2D eigenvalue weighted by atomic mass is 10.0. The maximum Gasteiger partial charge on any atom is 0.314 e. The van der Waals surface area contributed by atoms with Gasteiger partial charge in [0.15, 0.2) is 0 Å². The standard InChI is InChI=1S/C38H68N2O11/c1-33(41)19-9-3-4-10-20-34(42)21-11-5-15-25-39-38(46)40-26-16-6-12-22-35(43)49-28-18-8-14-24-37(45)51-32-30-48-29-31-50-36(44)23-13-7-17-27-47-2/h3-32H2,1-2H3,(H2,39,40,46). The van der Waals surface area contributed by atoms with E-state index in [1.54, 1.807) is 14.0 Å². The molecule has 0 aliphatic carbocycles. The molecule has 0 aromatic rings. The van der Waals surface area contributed by atoms with Gasteiger partial charge in [-0.05, 0) is 77.6 Å². The third-order valence-electron chi connectivity index (χ3n) is 7.99. The molecule has 13 nitrogen and oxygen atoms in total. The Bertz CT molecular complexity index is 930. The summed E-state index contributed by atoms with van der Waals surface area (Å²) >= 11 is 0. The first-order valence-corrected chi connectivity index (χ1v) is 19.3. The lowest BCUT2D eigenvalue weighted by Gasteiger charge is -2.08. The van der Waals surface area contributed by atoms with Gasteiger partial charge in [0, 0.05) is 65.3 Å². The lowest BCUT2D eigenvalue weighted by molar-refractivity contribution is -0.147. The summed E-state index contributed by atoms with van der Waals surface area (Å²) in [6, 6.07) is -0.204. The number of amides is 2. The van der Waals surface area contributed by atoms with Crippen LogP contribution in [-0.2, 0) is 47.7 Å². The molecule has 13 heteroatoms. The number of nitrogens with one attached hydrogen (secondary N) is 2. The smallest absolute Gasteiger partial charge is 0.314 e. The van der Waals surface area contributed by atoms with Crippen LogP contribution in [0, 0.1) is 0 Å². The van der Waals surface area contributed by atoms with Crippen LogP contribution in [0.25, 0.3) is 0 Å². The van der Waals surface area contributed by atoms with Crippen LogP contribution in [0.15, 0.2) is 0 Å². The molecule has 0 rings (SSSR count). The van der Waals surface area contributed by atoms with E-state index in [1.165, 1.54) is 0 Å². The number of rotatable bonds is 37. The van der Waals surface area contributed by atoms with Crippen molar-refractivity contribution in [3.05, 3.63) is 0 Å². The van der Waals surface area contributed by atoms with Crippen molar-refractivity contribution in [2.24, 2.45) is 0 Å². The molecule has 0 aromatic carbocycles. The number of ketones is 2. The van der Waals surface area contributed by atoms with Crippen LogP contribution in [0.3, 0.4) is 0 Å². The Morgan fingerprint density at radius 3 is 1.27 bits per heavy atom. The SMILES string of the molecule is COCCCCCC(=O)OCCOCCOC(=O)CCCCCOC(=O)CCCCCNC(=O)NCCCCCC(=O)CCCCCCC(C)=O. The predicted molar refractivity (Wildman–Crippen MR) is 194 cm³/mol. The van der Waals surface area contributed by atoms with E-state index >= 15 is 0 Å². The summed E-state index contributed by atoms with van der Waals surface area (Å²) in [7, 11) is 1.65. The highest BCUT2D eigenvalue weighted by molar-refractivity contribution is 5.78. The lowest BCUT2D eigenvalue weighted by Crippen LogP contribution is -2.36. The van der Waals surface area contributed by atoms with Crippen molar-refractivity contribution >= 4 is 35.5 Å². The van der Waals surface area contributed by atoms with E-state index in [1.807, 2.05) is 0 Å². The zero-order chi connectivity index (χ0) is 37.6. The molecule has 0 bridgehead atoms. The van der Waals surface area contributed by atoms with Crippen molar-refractivity contribution in [1.29, 1.82) is 0 Å². The van der Waals surface area contributed by atoms with Crippen LogP contribution in [0.1, 0.15) is 148 Å². The number of hydrogen-bond acceptors (Lipinski definition) is 11. The Morgan fingerprint density at radius 2 is 0.804 bits per heavy atom. The van der Waals surface area contributed by atoms with Crippen LogP contribution < -0.4 is 10.6 Å². The van der Waals surface area contributed by atoms with Gasteiger partial charge >= 0.3 is 23.9 Å². The van der Waals surface area contributed by atoms with E-state index in [2.05, 4.69) is 10.6 Å². The minimum Gasteiger partial charge on any atom is -0.466 e. The van der Waals surface area contributed by atoms with E-state index in [0.717, 1.165) is 83.5 Å². The molecule has 0 radical (unpaired) electrons. The van der Waals surface area contributed by atoms with E-state index < -0.39 is 0 Å². The molecule has 0 aliphatic rings. The molecule has 0 fully saturated rings. The Hall–Kier alpha value is -3.06. The molecular weight excluding hydrogens is 660 g/mol. The zero-order valence-corrected chi connectivity index (χ0v) is 31.7. The van der Waals surface area contributed by atoms with Gasteiger partial charge in [0.2, 0.25) is 0 Å². The fourth-order valence-corrected chi connectivity index (χ4v) is 5.01. The second-order valence-electron chi connectivity index (χ2n) is 12.8. The highest BCUT2D eigenvalue weighted by Crippen LogP contribution is 2.10. The minimum absolute atomic E-state index is 0.145. The second-order valence-corrected chi connectivity index (χ2v) is 12.8. The molecule has 0 spiro atoms. The number of esters is 3. The third kappa shape index (κ3) is 38.0. The molecule has 2 amide bonds. The van der Waals surface area contributed by atoms with Crippen LogP contribution in [0.5, 0.6) is 0 Å². The molecule has 0 unspecified atom stereocenters. The summed E-state index contributed by atoms with van der Waals surface area (Å²) in [5.41, 5.74) is 0. The number of carbonyl (C=O) groups excluding carboxylic acids is 6. The van der Waals surface area contributed by atoms with Crippen molar-refractivity contribution in [1.82, 2.24) is 10.6 Å². The van der Waals surface area contributed by atoms with Crippen molar-refractivity contribution in [2.75, 3.05) is 59.8 Å². The summed E-state index contributed by atoms with van der Waals surface area (Å²) in [6.07, 6.45) is 16.2. The average molecular weight is 729 g/mol. The van der Waals surface area contributed by atoms with Gasteiger partial charge in [-0.3, -0.25) is 19.2 Å². The van der Waals surface area contributed by atoms with Crippen LogP contribution in [0.2, 0.25) is 0 Å². The fourth-order valence-electron chi connectivity index (χ4n) is 5.01. The third-order valence-corrected chi connectivity index (χ3v) is 7.99. The van der Waals surface area contributed by atoms with E-state index in [-0.39, 0.29) is 62.6 Å². The van der Waals surface area contributed by atoms with Crippen LogP contribution >= 0.6 is 0 Å². The van der Waals surface area contributed by atoms with Gasteiger partial charge in [-0.1, -0.05) is 32.1 Å². The number of urea groups is 1. The first-order valence-electron chi connectivity index (χ1n) is 19.3. The fraction of sp³-hybridized carbons (Fsp3) is 0.842. The molecule has 0 heterocycles. The molecule has 2 N–H and O–H groups in total. The van der Waals surface area contributed by atoms with Crippen molar-refractivity contribution < 1.29 is 52.5 Å². The van der Waals surface area contributed by atoms with Gasteiger partial charge in [0.1, 0.15) is 24.8 Å². The van der Waals surface area contributed by atoms with Gasteiger partial charge < -0.3 is 39.1 Å². The quantitative estimate of drug-likeness (QED) is 0.0417. The Labute approximate surface area is 306 Å².